The van der Waals surface area contributed by atoms with E-state index in [9.17, 15) is 4.57 Å². The van der Waals surface area contributed by atoms with Crippen LogP contribution in [0.15, 0.2) is 18.2 Å². The molecule has 0 saturated carbocycles. The molecular formula is C9H12ClO2P. The van der Waals surface area contributed by atoms with E-state index in [0.29, 0.717) is 0 Å². The first-order valence-electron chi connectivity index (χ1n) is 3.96. The van der Waals surface area contributed by atoms with E-state index in [1.54, 1.807) is 0 Å². The molecule has 0 aromatic heterocycles. The van der Waals surface area contributed by atoms with Crippen molar-refractivity contribution < 1.29 is 9.46 Å². The molecule has 13 heavy (non-hydrogen) atoms. The van der Waals surface area contributed by atoms with Crippen LogP contribution in [0.3, 0.4) is 0 Å². The molecule has 1 aromatic rings. The molecule has 1 unspecified atom stereocenters. The largest absolute Gasteiger partial charge is 0.333 e. The summed E-state index contributed by atoms with van der Waals surface area (Å²) < 4.78 is 10.9. The molecule has 0 aliphatic heterocycles. The first-order chi connectivity index (χ1) is 5.88. The van der Waals surface area contributed by atoms with Gasteiger partial charge in [-0.3, -0.25) is 4.57 Å². The molecule has 0 amide bonds. The van der Waals surface area contributed by atoms with Crippen molar-refractivity contribution in [1.82, 2.24) is 0 Å². The number of rotatable bonds is 2. The second-order valence-corrected chi connectivity index (χ2v) is 6.34. The lowest BCUT2D eigenvalue weighted by Crippen LogP contribution is -1.89. The average molecular weight is 219 g/mol. The topological polar surface area (TPSA) is 37.3 Å². The van der Waals surface area contributed by atoms with Crippen molar-refractivity contribution in [3.05, 3.63) is 34.9 Å². The fourth-order valence-corrected chi connectivity index (χ4v) is 2.39. The van der Waals surface area contributed by atoms with E-state index < -0.39 is 6.72 Å². The predicted octanol–water partition coefficient (Wildman–Crippen LogP) is 3.23. The van der Waals surface area contributed by atoms with Crippen LogP contribution in [0.2, 0.25) is 0 Å². The van der Waals surface area contributed by atoms with Gasteiger partial charge in [-0.05, 0) is 36.2 Å². The van der Waals surface area contributed by atoms with Crippen LogP contribution < -0.4 is 0 Å². The quantitative estimate of drug-likeness (QED) is 0.774. The van der Waals surface area contributed by atoms with E-state index in [1.807, 2.05) is 32.0 Å². The summed E-state index contributed by atoms with van der Waals surface area (Å²) in [6.45, 7) is 0.436. The highest BCUT2D eigenvalue weighted by Gasteiger charge is 2.15. The molecule has 0 saturated heterocycles. The third kappa shape index (κ3) is 3.51. The smallest absolute Gasteiger partial charge is 0.291 e. The fraction of sp³-hybridized carbons (Fsp3) is 0.333. The summed E-state index contributed by atoms with van der Waals surface area (Å²) in [7, 11) is 0. The van der Waals surface area contributed by atoms with Crippen LogP contribution in [-0.2, 0) is 10.7 Å². The molecule has 72 valence electrons. The molecule has 0 fully saturated rings. The molecule has 0 bridgehead atoms. The number of aryl methyl sites for hydroxylation is 2. The highest BCUT2D eigenvalue weighted by atomic mass is 35.7. The number of hydrogen-bond acceptors (Lipinski definition) is 1. The van der Waals surface area contributed by atoms with Crippen molar-refractivity contribution in [2.75, 3.05) is 0 Å². The van der Waals surface area contributed by atoms with E-state index >= 15 is 0 Å². The SMILES string of the molecule is Cc1ccc(CP(=O)(O)Cl)c(C)c1. The van der Waals surface area contributed by atoms with Gasteiger partial charge in [0.15, 0.2) is 0 Å². The lowest BCUT2D eigenvalue weighted by atomic mass is 10.1. The molecule has 0 aliphatic rings. The Labute approximate surface area is 82.8 Å². The second-order valence-electron chi connectivity index (χ2n) is 3.20. The third-order valence-electron chi connectivity index (χ3n) is 1.86. The van der Waals surface area contributed by atoms with Gasteiger partial charge in [-0.15, -0.1) is 0 Å². The first-order valence-corrected chi connectivity index (χ1v) is 6.71. The van der Waals surface area contributed by atoms with Gasteiger partial charge in [-0.2, -0.15) is 0 Å². The molecule has 1 N–H and O–H groups in total. The Bertz CT molecular complexity index is 357. The van der Waals surface area contributed by atoms with E-state index in [0.717, 1.165) is 16.7 Å². The molecule has 0 spiro atoms. The Morgan fingerprint density at radius 1 is 1.46 bits per heavy atom. The maximum Gasteiger partial charge on any atom is 0.291 e. The molecule has 1 rings (SSSR count). The first kappa shape index (κ1) is 10.8. The van der Waals surface area contributed by atoms with Crippen molar-refractivity contribution >= 4 is 18.0 Å². The average Bonchev–Trinajstić information content (AvgIpc) is 1.93. The zero-order valence-electron chi connectivity index (χ0n) is 7.62. The number of benzene rings is 1. The van der Waals surface area contributed by atoms with Gasteiger partial charge in [-0.25, -0.2) is 0 Å². The van der Waals surface area contributed by atoms with Gasteiger partial charge in [0.2, 0.25) is 0 Å². The maximum absolute atomic E-state index is 10.9. The van der Waals surface area contributed by atoms with Crippen LogP contribution in [0.25, 0.3) is 0 Å². The minimum atomic E-state index is -3.46. The lowest BCUT2D eigenvalue weighted by Gasteiger charge is -2.07. The molecule has 0 radical (unpaired) electrons. The van der Waals surface area contributed by atoms with Crippen molar-refractivity contribution in [2.45, 2.75) is 20.0 Å². The molecular weight excluding hydrogens is 207 g/mol. The summed E-state index contributed by atoms with van der Waals surface area (Å²) in [5, 5.41) is 0. The maximum atomic E-state index is 10.9. The van der Waals surface area contributed by atoms with E-state index in [-0.39, 0.29) is 6.16 Å². The minimum Gasteiger partial charge on any atom is -0.333 e. The molecule has 0 aliphatic carbocycles. The molecule has 2 nitrogen and oxygen atoms in total. The van der Waals surface area contributed by atoms with Gasteiger partial charge in [0.05, 0.1) is 6.16 Å². The number of hydrogen-bond donors (Lipinski definition) is 1. The van der Waals surface area contributed by atoms with Crippen LogP contribution >= 0.6 is 18.0 Å². The zero-order chi connectivity index (χ0) is 10.1. The van der Waals surface area contributed by atoms with Crippen LogP contribution in [0.1, 0.15) is 16.7 Å². The molecule has 0 heterocycles. The van der Waals surface area contributed by atoms with Gasteiger partial charge >= 0.3 is 0 Å². The Kier molecular flexibility index (Phi) is 3.18. The van der Waals surface area contributed by atoms with Crippen LogP contribution in [0.5, 0.6) is 0 Å². The third-order valence-corrected chi connectivity index (χ3v) is 2.95. The molecule has 4 heteroatoms. The highest BCUT2D eigenvalue weighted by Crippen LogP contribution is 2.50. The van der Waals surface area contributed by atoms with Crippen LogP contribution in [0, 0.1) is 13.8 Å². The summed E-state index contributed by atoms with van der Waals surface area (Å²) in [5.74, 6) is 0. The minimum absolute atomic E-state index is 0.0423. The van der Waals surface area contributed by atoms with E-state index in [4.69, 9.17) is 16.1 Å². The Hall–Kier alpha value is -0.300. The zero-order valence-corrected chi connectivity index (χ0v) is 9.27. The Morgan fingerprint density at radius 2 is 2.08 bits per heavy atom. The van der Waals surface area contributed by atoms with Crippen LogP contribution in [-0.4, -0.2) is 4.89 Å². The summed E-state index contributed by atoms with van der Waals surface area (Å²) in [6.07, 6.45) is 0.0423. The molecule has 1 atom stereocenters. The van der Waals surface area contributed by atoms with Gasteiger partial charge in [-0.1, -0.05) is 23.8 Å². The molecule has 1 aromatic carbocycles. The lowest BCUT2D eigenvalue weighted by molar-refractivity contribution is 0.494. The fourth-order valence-electron chi connectivity index (χ4n) is 1.23. The van der Waals surface area contributed by atoms with Crippen molar-refractivity contribution in [2.24, 2.45) is 0 Å². The van der Waals surface area contributed by atoms with E-state index in [2.05, 4.69) is 0 Å². The predicted molar refractivity (Wildman–Crippen MR) is 55.3 cm³/mol. The summed E-state index contributed by atoms with van der Waals surface area (Å²) in [6, 6.07) is 5.73. The van der Waals surface area contributed by atoms with Crippen molar-refractivity contribution in [3.8, 4) is 0 Å². The second kappa shape index (κ2) is 3.83. The van der Waals surface area contributed by atoms with Crippen LogP contribution in [0.4, 0.5) is 0 Å². The summed E-state index contributed by atoms with van der Waals surface area (Å²) >= 11 is 5.29. The normalized spacial score (nSPS) is 15.4. The van der Waals surface area contributed by atoms with E-state index in [1.165, 1.54) is 0 Å². The standard InChI is InChI=1S/C9H12ClO2P/c1-7-3-4-9(8(2)5-7)6-13(10,11)12/h3-5H,6H2,1-2H3,(H,11,12). The van der Waals surface area contributed by atoms with Crippen molar-refractivity contribution in [3.63, 3.8) is 0 Å². The van der Waals surface area contributed by atoms with Gasteiger partial charge in [0, 0.05) is 0 Å². The summed E-state index contributed by atoms with van der Waals surface area (Å²) in [4.78, 5) is 8.99. The Balaban J connectivity index is 2.97. The van der Waals surface area contributed by atoms with Crippen molar-refractivity contribution in [1.29, 1.82) is 0 Å². The van der Waals surface area contributed by atoms with Gasteiger partial charge in [0.25, 0.3) is 6.72 Å². The van der Waals surface area contributed by atoms with Gasteiger partial charge < -0.3 is 4.89 Å². The monoisotopic (exact) mass is 218 g/mol. The highest BCUT2D eigenvalue weighted by molar-refractivity contribution is 7.83. The Morgan fingerprint density at radius 3 is 2.54 bits per heavy atom. The summed E-state index contributed by atoms with van der Waals surface area (Å²) in [5.41, 5.74) is 2.99. The van der Waals surface area contributed by atoms with Gasteiger partial charge in [0.1, 0.15) is 0 Å². The number of halogens is 1.